The summed E-state index contributed by atoms with van der Waals surface area (Å²) in [5.74, 6) is -2.80. The van der Waals surface area contributed by atoms with E-state index in [2.05, 4.69) is 5.32 Å². The molecule has 7 nitrogen and oxygen atoms in total. The average Bonchev–Trinajstić information content (AvgIpc) is 2.88. The number of fused-ring (bicyclic) bond motifs is 3. The normalized spacial score (nSPS) is 12.5. The molecule has 0 heterocycles. The molecule has 1 aliphatic rings. The van der Waals surface area contributed by atoms with E-state index in [0.717, 1.165) is 27.2 Å². The van der Waals surface area contributed by atoms with Gasteiger partial charge >= 0.3 is 11.9 Å². The minimum atomic E-state index is -1.18. The lowest BCUT2D eigenvalue weighted by Gasteiger charge is -2.20. The summed E-state index contributed by atoms with van der Waals surface area (Å²) < 4.78 is 0. The number of aliphatic carboxylic acids is 2. The lowest BCUT2D eigenvalue weighted by atomic mass is 10.1. The minimum absolute atomic E-state index is 0.306. The summed E-state index contributed by atoms with van der Waals surface area (Å²) in [5, 5.41) is 20.7. The van der Waals surface area contributed by atoms with Gasteiger partial charge in [0.25, 0.3) is 0 Å². The van der Waals surface area contributed by atoms with Gasteiger partial charge in [-0.2, -0.15) is 0 Å². The number of amides is 1. The molecule has 1 aliphatic carbocycles. The molecule has 3 N–H and O–H groups in total. The smallest absolute Gasteiger partial charge is 0.317 e. The van der Waals surface area contributed by atoms with E-state index in [9.17, 15) is 14.4 Å². The van der Waals surface area contributed by atoms with Crippen LogP contribution in [0.5, 0.6) is 0 Å². The summed E-state index contributed by atoms with van der Waals surface area (Å²) in [4.78, 5) is 35.3. The lowest BCUT2D eigenvalue weighted by molar-refractivity contribution is -0.142. The molecule has 26 heavy (non-hydrogen) atoms. The zero-order valence-corrected chi connectivity index (χ0v) is 13.9. The first-order valence-corrected chi connectivity index (χ1v) is 8.09. The fourth-order valence-electron chi connectivity index (χ4n) is 3.27. The fraction of sp³-hybridized carbons (Fsp3) is 0.211. The summed E-state index contributed by atoms with van der Waals surface area (Å²) in [6.45, 7) is -1.34. The Morgan fingerprint density at radius 2 is 1.27 bits per heavy atom. The molecule has 0 saturated carbocycles. The summed E-state index contributed by atoms with van der Waals surface area (Å²) in [6.07, 6.45) is 0. The number of nitrogens with zero attached hydrogens (tertiary/aromatic N) is 1. The molecule has 2 aromatic rings. The molecule has 3 rings (SSSR count). The van der Waals surface area contributed by atoms with Gasteiger partial charge in [-0.3, -0.25) is 19.3 Å². The Morgan fingerprint density at radius 1 is 0.808 bits per heavy atom. The first kappa shape index (κ1) is 17.6. The van der Waals surface area contributed by atoms with Gasteiger partial charge in [-0.05, 0) is 22.3 Å². The van der Waals surface area contributed by atoms with Crippen LogP contribution in [0, 0.1) is 0 Å². The highest BCUT2D eigenvalue weighted by atomic mass is 16.4. The molecule has 0 saturated heterocycles. The van der Waals surface area contributed by atoms with Crippen LogP contribution in [-0.2, 0) is 14.4 Å². The summed E-state index contributed by atoms with van der Waals surface area (Å²) in [7, 11) is 0. The molecule has 0 aliphatic heterocycles. The molecule has 2 aromatic carbocycles. The Balaban J connectivity index is 1.78. The number of benzene rings is 2. The Bertz CT molecular complexity index is 803. The minimum Gasteiger partial charge on any atom is -0.480 e. The monoisotopic (exact) mass is 354 g/mol. The van der Waals surface area contributed by atoms with Crippen LogP contribution in [0.1, 0.15) is 17.2 Å². The lowest BCUT2D eigenvalue weighted by Crippen LogP contribution is -2.43. The number of carboxylic acids is 2. The van der Waals surface area contributed by atoms with Crippen molar-refractivity contribution in [3.8, 4) is 11.1 Å². The Kier molecular flexibility index (Phi) is 4.99. The number of carbonyl (C=O) groups is 3. The van der Waals surface area contributed by atoms with Gasteiger partial charge in [0.05, 0.1) is 25.7 Å². The van der Waals surface area contributed by atoms with Gasteiger partial charge in [-0.25, -0.2) is 0 Å². The van der Waals surface area contributed by atoms with Gasteiger partial charge in [0, 0.05) is 0 Å². The molecule has 0 unspecified atom stereocenters. The second kappa shape index (κ2) is 7.37. The average molecular weight is 354 g/mol. The Hall–Kier alpha value is -3.19. The molecule has 0 spiro atoms. The van der Waals surface area contributed by atoms with Gasteiger partial charge in [0.1, 0.15) is 0 Å². The molecule has 0 atom stereocenters. The van der Waals surface area contributed by atoms with Crippen LogP contribution in [0.4, 0.5) is 0 Å². The molecule has 134 valence electrons. The maximum Gasteiger partial charge on any atom is 0.317 e. The van der Waals surface area contributed by atoms with Crippen molar-refractivity contribution in [2.45, 2.75) is 6.04 Å². The number of hydrogen-bond acceptors (Lipinski definition) is 4. The van der Waals surface area contributed by atoms with Crippen LogP contribution in [0.25, 0.3) is 11.1 Å². The highest BCUT2D eigenvalue weighted by Crippen LogP contribution is 2.42. The van der Waals surface area contributed by atoms with Gasteiger partial charge < -0.3 is 15.5 Å². The van der Waals surface area contributed by atoms with E-state index in [1.54, 1.807) is 0 Å². The van der Waals surface area contributed by atoms with E-state index in [4.69, 9.17) is 10.2 Å². The first-order valence-electron chi connectivity index (χ1n) is 8.09. The summed E-state index contributed by atoms with van der Waals surface area (Å²) >= 11 is 0. The largest absolute Gasteiger partial charge is 0.480 e. The summed E-state index contributed by atoms with van der Waals surface area (Å²) in [6, 6.07) is 15.2. The highest BCUT2D eigenvalue weighted by molar-refractivity contribution is 5.85. The van der Waals surface area contributed by atoms with Crippen molar-refractivity contribution in [1.82, 2.24) is 10.2 Å². The number of carbonyl (C=O) groups excluding carboxylic acids is 1. The van der Waals surface area contributed by atoms with Crippen molar-refractivity contribution in [3.05, 3.63) is 59.7 Å². The van der Waals surface area contributed by atoms with Crippen LogP contribution < -0.4 is 5.32 Å². The van der Waals surface area contributed by atoms with E-state index in [1.807, 2.05) is 48.5 Å². The molecule has 0 aromatic heterocycles. The Morgan fingerprint density at radius 3 is 1.73 bits per heavy atom. The second-order valence-corrected chi connectivity index (χ2v) is 6.11. The number of nitrogens with one attached hydrogen (secondary N) is 1. The van der Waals surface area contributed by atoms with Crippen LogP contribution in [0.2, 0.25) is 0 Å². The van der Waals surface area contributed by atoms with Crippen molar-refractivity contribution < 1.29 is 24.6 Å². The zero-order chi connectivity index (χ0) is 18.7. The van der Waals surface area contributed by atoms with Crippen LogP contribution in [0.15, 0.2) is 48.5 Å². The van der Waals surface area contributed by atoms with E-state index >= 15 is 0 Å². The zero-order valence-electron chi connectivity index (χ0n) is 13.9. The third-order valence-electron chi connectivity index (χ3n) is 4.22. The molecule has 0 bridgehead atoms. The van der Waals surface area contributed by atoms with Crippen molar-refractivity contribution >= 4 is 17.8 Å². The van der Waals surface area contributed by atoms with Crippen molar-refractivity contribution in [3.63, 3.8) is 0 Å². The van der Waals surface area contributed by atoms with Crippen molar-refractivity contribution in [2.24, 2.45) is 0 Å². The SMILES string of the molecule is O=C(O)CN(CC(=O)O)CC(=O)NC1c2ccccc2-c2ccccc21. The standard InChI is InChI=1S/C19H18N2O5/c22-16(9-21(10-17(23)24)11-18(25)26)20-19-14-7-3-1-5-12(14)13-6-2-4-8-15(13)19/h1-8,19H,9-11H2,(H,20,22)(H,23,24)(H,25,26). The molecule has 0 radical (unpaired) electrons. The van der Waals surface area contributed by atoms with Gasteiger partial charge in [0.2, 0.25) is 5.91 Å². The third kappa shape index (κ3) is 3.73. The first-order chi connectivity index (χ1) is 12.5. The number of carboxylic acid groups (broad SMARTS) is 2. The highest BCUT2D eigenvalue weighted by Gasteiger charge is 2.29. The van der Waals surface area contributed by atoms with Crippen LogP contribution >= 0.6 is 0 Å². The molecular weight excluding hydrogens is 336 g/mol. The predicted molar refractivity (Wildman–Crippen MR) is 93.6 cm³/mol. The maximum absolute atomic E-state index is 12.5. The molecular formula is C19H18N2O5. The van der Waals surface area contributed by atoms with Crippen molar-refractivity contribution in [2.75, 3.05) is 19.6 Å². The fourth-order valence-corrected chi connectivity index (χ4v) is 3.27. The van der Waals surface area contributed by atoms with E-state index in [-0.39, 0.29) is 12.6 Å². The molecule has 0 fully saturated rings. The molecule has 1 amide bonds. The topological polar surface area (TPSA) is 107 Å². The van der Waals surface area contributed by atoms with Crippen LogP contribution in [0.3, 0.4) is 0 Å². The van der Waals surface area contributed by atoms with E-state index < -0.39 is 30.9 Å². The predicted octanol–water partition coefficient (Wildman–Crippen LogP) is 1.34. The van der Waals surface area contributed by atoms with Gasteiger partial charge in [-0.15, -0.1) is 0 Å². The van der Waals surface area contributed by atoms with Crippen molar-refractivity contribution in [1.29, 1.82) is 0 Å². The van der Waals surface area contributed by atoms with Gasteiger partial charge in [0.15, 0.2) is 0 Å². The summed E-state index contributed by atoms with van der Waals surface area (Å²) in [5.41, 5.74) is 4.01. The van der Waals surface area contributed by atoms with Gasteiger partial charge in [-0.1, -0.05) is 48.5 Å². The van der Waals surface area contributed by atoms with E-state index in [1.165, 1.54) is 0 Å². The number of rotatable bonds is 7. The molecule has 7 heteroatoms. The van der Waals surface area contributed by atoms with Crippen LogP contribution in [-0.4, -0.2) is 52.6 Å². The number of hydrogen-bond donors (Lipinski definition) is 3. The van der Waals surface area contributed by atoms with E-state index in [0.29, 0.717) is 0 Å². The second-order valence-electron chi connectivity index (χ2n) is 6.11. The quantitative estimate of drug-likeness (QED) is 0.693. The maximum atomic E-state index is 12.5. The third-order valence-corrected chi connectivity index (χ3v) is 4.22. The Labute approximate surface area is 149 Å².